The molecule has 4 rings (SSSR count). The lowest BCUT2D eigenvalue weighted by Gasteiger charge is -2.25. The average Bonchev–Trinajstić information content (AvgIpc) is 3.24. The smallest absolute Gasteiger partial charge is 0.290 e. The van der Waals surface area contributed by atoms with Gasteiger partial charge < -0.3 is 20.2 Å². The van der Waals surface area contributed by atoms with E-state index in [1.807, 2.05) is 66.5 Å². The molecule has 0 saturated carbocycles. The van der Waals surface area contributed by atoms with Crippen LogP contribution < -0.4 is 5.32 Å². The van der Waals surface area contributed by atoms with Crippen LogP contribution in [0.15, 0.2) is 60.7 Å². The van der Waals surface area contributed by atoms with Gasteiger partial charge in [-0.1, -0.05) is 42.5 Å². The predicted octanol–water partition coefficient (Wildman–Crippen LogP) is 3.94. The van der Waals surface area contributed by atoms with Gasteiger partial charge in [0.15, 0.2) is 0 Å². The summed E-state index contributed by atoms with van der Waals surface area (Å²) in [6, 6.07) is 20.1. The molecule has 7 nitrogen and oxygen atoms in total. The molecule has 2 N–H and O–H groups in total. The van der Waals surface area contributed by atoms with Crippen molar-refractivity contribution < 1.29 is 19.5 Å². The number of nitrogens with one attached hydrogen (secondary N) is 1. The van der Waals surface area contributed by atoms with Gasteiger partial charge in [-0.25, -0.2) is 0 Å². The molecule has 3 aromatic rings. The van der Waals surface area contributed by atoms with Gasteiger partial charge in [-0.05, 0) is 60.1 Å². The number of anilines is 1. The molecule has 0 aromatic heterocycles. The Balaban J connectivity index is 0.000000968. The van der Waals surface area contributed by atoms with E-state index in [-0.39, 0.29) is 24.3 Å². The molecule has 0 bridgehead atoms. The minimum absolute atomic E-state index is 0.0686. The molecular formula is C26H29N3O4. The molecule has 1 atom stereocenters. The van der Waals surface area contributed by atoms with Crippen molar-refractivity contribution in [1.82, 2.24) is 9.80 Å². The van der Waals surface area contributed by atoms with Crippen LogP contribution in [0.4, 0.5) is 5.69 Å². The number of hydrogen-bond donors (Lipinski definition) is 2. The number of likely N-dealkylation sites (N-methyl/N-ethyl adjacent to an activating group) is 2. The number of fused-ring (bicyclic) bond motifs is 1. The highest BCUT2D eigenvalue weighted by molar-refractivity contribution is 6.11. The molecule has 1 fully saturated rings. The summed E-state index contributed by atoms with van der Waals surface area (Å²) in [5.41, 5.74) is 3.62. The molecule has 33 heavy (non-hydrogen) atoms. The molecule has 2 amide bonds. The van der Waals surface area contributed by atoms with E-state index in [9.17, 15) is 9.59 Å². The Morgan fingerprint density at radius 2 is 1.70 bits per heavy atom. The highest BCUT2D eigenvalue weighted by Crippen LogP contribution is 2.32. The van der Waals surface area contributed by atoms with Gasteiger partial charge >= 0.3 is 0 Å². The van der Waals surface area contributed by atoms with Gasteiger partial charge in [-0.15, -0.1) is 0 Å². The number of likely N-dealkylation sites (tertiary alicyclic amines) is 1. The molecule has 1 aliphatic rings. The van der Waals surface area contributed by atoms with Crippen LogP contribution in [0.1, 0.15) is 23.7 Å². The molecule has 1 aliphatic heterocycles. The fraction of sp³-hybridized carbons (Fsp3) is 0.269. The third-order valence-electron chi connectivity index (χ3n) is 5.91. The number of nitrogens with zero attached hydrogens (tertiary/aromatic N) is 2. The minimum Gasteiger partial charge on any atom is -0.483 e. The Kier molecular flexibility index (Phi) is 7.79. The molecule has 0 spiro atoms. The van der Waals surface area contributed by atoms with E-state index in [1.165, 1.54) is 6.92 Å². The van der Waals surface area contributed by atoms with Crippen molar-refractivity contribution in [2.24, 2.45) is 0 Å². The number of carbonyl (C=O) groups excluding carboxylic acids is 2. The van der Waals surface area contributed by atoms with Gasteiger partial charge in [0.2, 0.25) is 5.91 Å². The first-order valence-electron chi connectivity index (χ1n) is 10.8. The number of carboxylic acid groups (broad SMARTS) is 1. The number of amides is 2. The zero-order valence-corrected chi connectivity index (χ0v) is 19.1. The van der Waals surface area contributed by atoms with Crippen molar-refractivity contribution in [1.29, 1.82) is 0 Å². The molecule has 0 aliphatic carbocycles. The first kappa shape index (κ1) is 23.9. The van der Waals surface area contributed by atoms with E-state index in [0.29, 0.717) is 0 Å². The standard InChI is InChI=1S/C25H27N3O2.CH2O2/c1-17(29)26-19-10-8-18(9-11-19)21-12-13-24(23-7-5-4-6-22(21)23)25(30)28(3)20-14-15-27(2)16-20;2-1-3/h4-13,20H,14-16H2,1-3H3,(H,26,29);1H,(H,2,3). The van der Waals surface area contributed by atoms with Crippen molar-refractivity contribution >= 4 is 34.7 Å². The van der Waals surface area contributed by atoms with Gasteiger partial charge in [-0.3, -0.25) is 14.4 Å². The van der Waals surface area contributed by atoms with Gasteiger partial charge in [0.1, 0.15) is 0 Å². The number of rotatable bonds is 4. The van der Waals surface area contributed by atoms with Crippen LogP contribution >= 0.6 is 0 Å². The number of benzene rings is 3. The summed E-state index contributed by atoms with van der Waals surface area (Å²) in [6.07, 6.45) is 1.01. The Labute approximate surface area is 193 Å². The first-order valence-corrected chi connectivity index (χ1v) is 10.8. The van der Waals surface area contributed by atoms with E-state index in [0.717, 1.165) is 52.7 Å². The highest BCUT2D eigenvalue weighted by Gasteiger charge is 2.28. The fourth-order valence-corrected chi connectivity index (χ4v) is 4.26. The summed E-state index contributed by atoms with van der Waals surface area (Å²) < 4.78 is 0. The average molecular weight is 448 g/mol. The lowest BCUT2D eigenvalue weighted by molar-refractivity contribution is -0.123. The Hall–Kier alpha value is -3.71. The second kappa shape index (κ2) is 10.7. The zero-order chi connectivity index (χ0) is 24.0. The van der Waals surface area contributed by atoms with Crippen molar-refractivity contribution in [2.75, 3.05) is 32.5 Å². The maximum absolute atomic E-state index is 13.3. The van der Waals surface area contributed by atoms with Crippen molar-refractivity contribution in [3.8, 4) is 11.1 Å². The van der Waals surface area contributed by atoms with E-state index in [1.54, 1.807) is 0 Å². The van der Waals surface area contributed by atoms with Gasteiger partial charge in [-0.2, -0.15) is 0 Å². The van der Waals surface area contributed by atoms with E-state index in [4.69, 9.17) is 9.90 Å². The Morgan fingerprint density at radius 3 is 2.27 bits per heavy atom. The summed E-state index contributed by atoms with van der Waals surface area (Å²) >= 11 is 0. The number of carbonyl (C=O) groups is 3. The van der Waals surface area contributed by atoms with Crippen LogP contribution in [0.25, 0.3) is 21.9 Å². The molecule has 172 valence electrons. The summed E-state index contributed by atoms with van der Waals surface area (Å²) in [5.74, 6) is -0.0207. The lowest BCUT2D eigenvalue weighted by Crippen LogP contribution is -2.38. The van der Waals surface area contributed by atoms with Crippen molar-refractivity contribution in [3.63, 3.8) is 0 Å². The summed E-state index contributed by atoms with van der Waals surface area (Å²) in [4.78, 5) is 37.1. The zero-order valence-electron chi connectivity index (χ0n) is 19.1. The SMILES string of the molecule is CC(=O)Nc1ccc(-c2ccc(C(=O)N(C)C3CCN(C)C3)c3ccccc23)cc1.O=CO. The monoisotopic (exact) mass is 447 g/mol. The van der Waals surface area contributed by atoms with E-state index < -0.39 is 0 Å². The second-order valence-corrected chi connectivity index (χ2v) is 8.19. The molecule has 0 radical (unpaired) electrons. The van der Waals surface area contributed by atoms with Crippen LogP contribution in [0.2, 0.25) is 0 Å². The number of hydrogen-bond acceptors (Lipinski definition) is 4. The molecule has 1 unspecified atom stereocenters. The second-order valence-electron chi connectivity index (χ2n) is 8.19. The minimum atomic E-state index is -0.250. The summed E-state index contributed by atoms with van der Waals surface area (Å²) in [5, 5.41) is 11.7. The lowest BCUT2D eigenvalue weighted by atomic mass is 9.94. The third-order valence-corrected chi connectivity index (χ3v) is 5.91. The van der Waals surface area contributed by atoms with Crippen LogP contribution in [-0.2, 0) is 9.59 Å². The van der Waals surface area contributed by atoms with Crippen molar-refractivity contribution in [3.05, 3.63) is 66.2 Å². The first-order chi connectivity index (χ1) is 15.8. The quantitative estimate of drug-likeness (QED) is 0.591. The normalized spacial score (nSPS) is 15.4. The predicted molar refractivity (Wildman–Crippen MR) is 130 cm³/mol. The third kappa shape index (κ3) is 5.56. The molecule has 7 heteroatoms. The van der Waals surface area contributed by atoms with Gasteiger partial charge in [0.05, 0.1) is 0 Å². The maximum atomic E-state index is 13.3. The van der Waals surface area contributed by atoms with Crippen LogP contribution in [-0.4, -0.2) is 66.4 Å². The van der Waals surface area contributed by atoms with Gasteiger partial charge in [0.25, 0.3) is 12.4 Å². The Morgan fingerprint density at radius 1 is 1.06 bits per heavy atom. The largest absolute Gasteiger partial charge is 0.483 e. The summed E-state index contributed by atoms with van der Waals surface area (Å²) in [6.45, 7) is 3.19. The molecule has 3 aromatic carbocycles. The molecular weight excluding hydrogens is 418 g/mol. The van der Waals surface area contributed by atoms with Crippen LogP contribution in [0, 0.1) is 0 Å². The highest BCUT2D eigenvalue weighted by atomic mass is 16.3. The fourth-order valence-electron chi connectivity index (χ4n) is 4.26. The van der Waals surface area contributed by atoms with E-state index >= 15 is 0 Å². The molecule has 1 saturated heterocycles. The maximum Gasteiger partial charge on any atom is 0.290 e. The summed E-state index contributed by atoms with van der Waals surface area (Å²) in [7, 11) is 4.01. The van der Waals surface area contributed by atoms with Crippen LogP contribution in [0.5, 0.6) is 0 Å². The molecule has 1 heterocycles. The van der Waals surface area contributed by atoms with Crippen LogP contribution in [0.3, 0.4) is 0 Å². The Bertz CT molecular complexity index is 1140. The van der Waals surface area contributed by atoms with Crippen molar-refractivity contribution in [2.45, 2.75) is 19.4 Å². The van der Waals surface area contributed by atoms with E-state index in [2.05, 4.69) is 23.3 Å². The van der Waals surface area contributed by atoms with Gasteiger partial charge in [0, 0.05) is 37.8 Å². The topological polar surface area (TPSA) is 90.0 Å².